The quantitative estimate of drug-likeness (QED) is 0.238. The number of carbonyl (C=O) groups excluding carboxylic acids is 5. The van der Waals surface area contributed by atoms with Crippen LogP contribution in [0.5, 0.6) is 5.88 Å². The molecule has 1 aromatic heterocycles. The van der Waals surface area contributed by atoms with Crippen LogP contribution >= 0.6 is 0 Å². The molecule has 3 N–H and O–H groups in total. The summed E-state index contributed by atoms with van der Waals surface area (Å²) in [6, 6.07) is 1.34. The van der Waals surface area contributed by atoms with Gasteiger partial charge in [-0.15, -0.1) is 0 Å². The predicted molar refractivity (Wildman–Crippen MR) is 166 cm³/mol. The van der Waals surface area contributed by atoms with Crippen molar-refractivity contribution in [1.82, 2.24) is 35.1 Å². The smallest absolute Gasteiger partial charge is 0.409 e. The number of carboxylic acids is 1. The Kier molecular flexibility index (Phi) is 13.2. The molecule has 2 atom stereocenters. The maximum Gasteiger partial charge on any atom is 0.409 e. The van der Waals surface area contributed by atoms with E-state index in [9.17, 15) is 51.4 Å². The molecule has 0 aliphatic carbocycles. The summed E-state index contributed by atoms with van der Waals surface area (Å²) >= 11 is 0. The number of nitrogens with one attached hydrogen (secondary N) is 2. The number of aliphatic carboxylic acids is 1. The van der Waals surface area contributed by atoms with E-state index in [1.165, 1.54) is 9.80 Å². The average Bonchev–Trinajstić information content (AvgIpc) is 3.77. The number of piperazine rings is 1. The Labute approximate surface area is 288 Å². The number of halogens is 4. The first-order valence-corrected chi connectivity index (χ1v) is 16.1. The van der Waals surface area contributed by atoms with Crippen LogP contribution in [0.1, 0.15) is 43.1 Å². The Morgan fingerprint density at radius 3 is 2.35 bits per heavy atom. The third kappa shape index (κ3) is 10.1. The molecule has 2 fully saturated rings. The van der Waals surface area contributed by atoms with Gasteiger partial charge in [0.1, 0.15) is 12.1 Å². The summed E-state index contributed by atoms with van der Waals surface area (Å²) in [5.74, 6) is -7.06. The van der Waals surface area contributed by atoms with Crippen molar-refractivity contribution < 1.29 is 60.9 Å². The Hall–Kier alpha value is -5.43. The van der Waals surface area contributed by atoms with Crippen molar-refractivity contribution in [2.75, 3.05) is 52.5 Å². The van der Waals surface area contributed by atoms with Crippen molar-refractivity contribution in [3.05, 3.63) is 41.6 Å². The lowest BCUT2D eigenvalue weighted by Crippen LogP contribution is -2.56. The van der Waals surface area contributed by atoms with E-state index in [4.69, 9.17) is 9.47 Å². The second-order valence-electron chi connectivity index (χ2n) is 11.5. The molecule has 51 heavy (non-hydrogen) atoms. The SMILES string of the molecule is CCOC(=O)N1CCN(C(=O)C(CCC(=O)O)NC(=O)c2cc(OCC(=O)N3CCC[C@H]3C(=O)NCC(F)F)n(-c3ccc(F)c(F)c3)n2)CC1. The third-order valence-corrected chi connectivity index (χ3v) is 8.07. The van der Waals surface area contributed by atoms with Crippen LogP contribution in [-0.2, 0) is 23.9 Å². The number of amides is 5. The second-order valence-corrected chi connectivity index (χ2v) is 11.5. The molecule has 5 amide bonds. The minimum absolute atomic E-state index is 0.0830. The van der Waals surface area contributed by atoms with Gasteiger partial charge in [-0.25, -0.2) is 27.0 Å². The van der Waals surface area contributed by atoms with Crippen molar-refractivity contribution in [1.29, 1.82) is 0 Å². The minimum atomic E-state index is -2.79. The van der Waals surface area contributed by atoms with E-state index in [0.29, 0.717) is 6.42 Å². The number of hydrogen-bond donors (Lipinski definition) is 3. The van der Waals surface area contributed by atoms with Gasteiger partial charge in [0.25, 0.3) is 18.2 Å². The van der Waals surface area contributed by atoms with Gasteiger partial charge in [0.15, 0.2) is 23.9 Å². The second kappa shape index (κ2) is 17.5. The number of carbonyl (C=O) groups is 6. The number of rotatable bonds is 14. The summed E-state index contributed by atoms with van der Waals surface area (Å²) < 4.78 is 64.7. The van der Waals surface area contributed by atoms with Crippen LogP contribution in [0, 0.1) is 11.6 Å². The summed E-state index contributed by atoms with van der Waals surface area (Å²) in [5.41, 5.74) is -0.535. The van der Waals surface area contributed by atoms with Crippen LogP contribution in [0.15, 0.2) is 24.3 Å². The van der Waals surface area contributed by atoms with E-state index < -0.39 is 91.1 Å². The molecule has 1 unspecified atom stereocenters. The van der Waals surface area contributed by atoms with Gasteiger partial charge < -0.3 is 39.9 Å². The van der Waals surface area contributed by atoms with E-state index >= 15 is 0 Å². The highest BCUT2D eigenvalue weighted by atomic mass is 19.3. The molecule has 16 nitrogen and oxygen atoms in total. The zero-order valence-corrected chi connectivity index (χ0v) is 27.5. The van der Waals surface area contributed by atoms with Gasteiger partial charge in [-0.1, -0.05) is 0 Å². The van der Waals surface area contributed by atoms with Gasteiger partial charge in [-0.05, 0) is 38.3 Å². The maximum atomic E-state index is 14.2. The van der Waals surface area contributed by atoms with Crippen molar-refractivity contribution in [2.45, 2.75) is 51.1 Å². The molecule has 2 aromatic rings. The molecular formula is C31H37F4N7O9. The zero-order chi connectivity index (χ0) is 37.2. The van der Waals surface area contributed by atoms with Gasteiger partial charge in [0.05, 0.1) is 18.8 Å². The minimum Gasteiger partial charge on any atom is -0.481 e. The Bertz CT molecular complexity index is 1620. The number of hydrogen-bond acceptors (Lipinski definition) is 9. The van der Waals surface area contributed by atoms with Gasteiger partial charge >= 0.3 is 12.1 Å². The third-order valence-electron chi connectivity index (χ3n) is 8.07. The van der Waals surface area contributed by atoms with Crippen molar-refractivity contribution in [3.63, 3.8) is 0 Å². The molecule has 0 radical (unpaired) electrons. The summed E-state index contributed by atoms with van der Waals surface area (Å²) in [5, 5.41) is 17.9. The molecule has 2 aliphatic rings. The average molecular weight is 728 g/mol. The van der Waals surface area contributed by atoms with E-state index in [-0.39, 0.29) is 63.7 Å². The van der Waals surface area contributed by atoms with Crippen LogP contribution in [0.4, 0.5) is 22.4 Å². The van der Waals surface area contributed by atoms with E-state index in [1.807, 2.05) is 0 Å². The van der Waals surface area contributed by atoms with Crippen LogP contribution < -0.4 is 15.4 Å². The van der Waals surface area contributed by atoms with Gasteiger partial charge in [0.2, 0.25) is 17.7 Å². The molecule has 2 saturated heterocycles. The normalized spacial score (nSPS) is 16.5. The topological polar surface area (TPSA) is 193 Å². The van der Waals surface area contributed by atoms with Crippen LogP contribution in [0.3, 0.4) is 0 Å². The number of nitrogens with zero attached hydrogens (tertiary/aromatic N) is 5. The standard InChI is InChI=1S/C31H37F4N7O9/c1-2-50-31(49)40-12-10-39(11-13-40)30(48)21(7-8-27(44)45)37-28(46)22-15-26(42(38-22)18-5-6-19(32)20(33)14-18)51-17-25(43)41-9-3-4-23(41)29(47)36-16-24(34)35/h5-6,14-15,21,23-24H,2-4,7-13,16-17H2,1H3,(H,36,47)(H,37,46)(H,44,45)/t21?,23-/m0/s1. The highest BCUT2D eigenvalue weighted by Crippen LogP contribution is 2.23. The largest absolute Gasteiger partial charge is 0.481 e. The molecular weight excluding hydrogens is 690 g/mol. The number of likely N-dealkylation sites (tertiary alicyclic amines) is 1. The number of aromatic nitrogens is 2. The predicted octanol–water partition coefficient (Wildman–Crippen LogP) is 1.17. The summed E-state index contributed by atoms with van der Waals surface area (Å²) in [7, 11) is 0. The van der Waals surface area contributed by atoms with Crippen LogP contribution in [0.2, 0.25) is 0 Å². The Balaban J connectivity index is 1.52. The highest BCUT2D eigenvalue weighted by molar-refractivity contribution is 5.96. The number of benzene rings is 1. The lowest BCUT2D eigenvalue weighted by atomic mass is 10.1. The van der Waals surface area contributed by atoms with Crippen LogP contribution in [0.25, 0.3) is 5.69 Å². The molecule has 20 heteroatoms. The summed E-state index contributed by atoms with van der Waals surface area (Å²) in [6.45, 7) is 0.778. The summed E-state index contributed by atoms with van der Waals surface area (Å²) in [4.78, 5) is 79.7. The first kappa shape index (κ1) is 38.4. The van der Waals surface area contributed by atoms with Crippen LogP contribution in [-0.4, -0.2) is 136 Å². The molecule has 278 valence electrons. The van der Waals surface area contributed by atoms with Gasteiger partial charge in [-0.3, -0.25) is 24.0 Å². The lowest BCUT2D eigenvalue weighted by Gasteiger charge is -2.35. The molecule has 0 bridgehead atoms. The first-order valence-electron chi connectivity index (χ1n) is 16.1. The van der Waals surface area contributed by atoms with Crippen molar-refractivity contribution >= 4 is 35.7 Å². The molecule has 2 aliphatic heterocycles. The number of ether oxygens (including phenoxy) is 2. The maximum absolute atomic E-state index is 14.2. The Morgan fingerprint density at radius 2 is 1.71 bits per heavy atom. The number of alkyl halides is 2. The van der Waals surface area contributed by atoms with E-state index in [0.717, 1.165) is 33.8 Å². The lowest BCUT2D eigenvalue weighted by molar-refractivity contribution is -0.140. The molecule has 0 spiro atoms. The monoisotopic (exact) mass is 727 g/mol. The van der Waals surface area contributed by atoms with E-state index in [2.05, 4.69) is 15.7 Å². The zero-order valence-electron chi connectivity index (χ0n) is 27.5. The van der Waals surface area contributed by atoms with Gasteiger partial charge in [-0.2, -0.15) is 5.10 Å². The fourth-order valence-corrected chi connectivity index (χ4v) is 5.53. The van der Waals surface area contributed by atoms with Crippen molar-refractivity contribution in [3.8, 4) is 11.6 Å². The highest BCUT2D eigenvalue weighted by Gasteiger charge is 2.35. The Morgan fingerprint density at radius 1 is 1.00 bits per heavy atom. The number of carboxylic acid groups (broad SMARTS) is 1. The van der Waals surface area contributed by atoms with Crippen molar-refractivity contribution in [2.24, 2.45) is 0 Å². The molecule has 0 saturated carbocycles. The summed E-state index contributed by atoms with van der Waals surface area (Å²) in [6.07, 6.45) is -3.49. The molecule has 4 rings (SSSR count). The molecule has 1 aromatic carbocycles. The fraction of sp³-hybridized carbons (Fsp3) is 0.516. The van der Waals surface area contributed by atoms with E-state index in [1.54, 1.807) is 6.92 Å². The van der Waals surface area contributed by atoms with Gasteiger partial charge in [0, 0.05) is 51.3 Å². The first-order chi connectivity index (χ1) is 24.3. The molecule has 3 heterocycles. The fourth-order valence-electron chi connectivity index (χ4n) is 5.53.